The first-order valence-electron chi connectivity index (χ1n) is 15.7. The van der Waals surface area contributed by atoms with Crippen molar-refractivity contribution in [2.45, 2.75) is 0 Å². The summed E-state index contributed by atoms with van der Waals surface area (Å²) in [6.45, 7) is 0. The van der Waals surface area contributed by atoms with Gasteiger partial charge in [-0.15, -0.1) is 0 Å². The van der Waals surface area contributed by atoms with Gasteiger partial charge in [0.2, 0.25) is 0 Å². The molecule has 0 aliphatic rings. The fourth-order valence-electron chi connectivity index (χ4n) is 8.00. The van der Waals surface area contributed by atoms with Crippen LogP contribution in [0.1, 0.15) is 0 Å². The fraction of sp³-hybridized carbons (Fsp3) is 0. The number of para-hydroxylation sites is 5. The van der Waals surface area contributed by atoms with Gasteiger partial charge in [0.1, 0.15) is 5.69 Å². The molecule has 212 valence electrons. The zero-order valence-electron chi connectivity index (χ0n) is 24.6. The third-order valence-corrected chi connectivity index (χ3v) is 9.80. The van der Waals surface area contributed by atoms with E-state index in [0.717, 1.165) is 39.1 Å². The summed E-state index contributed by atoms with van der Waals surface area (Å²) in [4.78, 5) is 10.7. The Bertz CT molecular complexity index is 3020. The van der Waals surface area contributed by atoms with E-state index in [1.54, 1.807) is 0 Å². The number of aromatic nitrogens is 4. The maximum Gasteiger partial charge on any atom is 0.165 e. The van der Waals surface area contributed by atoms with Gasteiger partial charge in [0.15, 0.2) is 5.82 Å². The Labute approximate surface area is 262 Å². The van der Waals surface area contributed by atoms with E-state index in [1.807, 2.05) is 18.2 Å². The molecular formula is C42H24N4. The van der Waals surface area contributed by atoms with E-state index < -0.39 is 0 Å². The van der Waals surface area contributed by atoms with Crippen molar-refractivity contribution in [2.75, 3.05) is 0 Å². The second kappa shape index (κ2) is 8.68. The molecule has 46 heavy (non-hydrogen) atoms. The van der Waals surface area contributed by atoms with Gasteiger partial charge in [0, 0.05) is 43.3 Å². The molecule has 0 fully saturated rings. The number of benzene rings is 7. The zero-order valence-corrected chi connectivity index (χ0v) is 24.6. The molecule has 0 atom stereocenters. The number of rotatable bonds is 2. The van der Waals surface area contributed by atoms with E-state index in [-0.39, 0.29) is 0 Å². The van der Waals surface area contributed by atoms with E-state index in [9.17, 15) is 0 Å². The Balaban J connectivity index is 1.46. The lowest BCUT2D eigenvalue weighted by Crippen LogP contribution is -2.04. The van der Waals surface area contributed by atoms with Gasteiger partial charge >= 0.3 is 0 Å². The standard InChI is InChI=1S/C42H24N4/c1-2-13-25(14-3-1)38-42(44-33-22-9-8-21-32(33)43-38)46-35-24-11-7-18-30(35)37-40(46)29-17-5-4-16-27(29)36-31-20-12-19-28-26-15-6-10-23-34(26)45(39(28)31)41(36)37/h1-24H. The van der Waals surface area contributed by atoms with Crippen LogP contribution in [0.5, 0.6) is 0 Å². The monoisotopic (exact) mass is 584 g/mol. The molecule has 0 spiro atoms. The van der Waals surface area contributed by atoms with Crippen LogP contribution in [0.15, 0.2) is 146 Å². The first-order valence-corrected chi connectivity index (χ1v) is 15.7. The predicted octanol–water partition coefficient (Wildman–Crippen LogP) is 10.7. The molecule has 7 aromatic carbocycles. The minimum atomic E-state index is 0.833. The highest BCUT2D eigenvalue weighted by molar-refractivity contribution is 6.39. The molecule has 11 aromatic rings. The summed E-state index contributed by atoms with van der Waals surface area (Å²) >= 11 is 0. The molecule has 0 radical (unpaired) electrons. The van der Waals surface area contributed by atoms with Crippen LogP contribution in [-0.2, 0) is 0 Å². The molecular weight excluding hydrogens is 560 g/mol. The van der Waals surface area contributed by atoms with E-state index in [2.05, 4.69) is 136 Å². The zero-order chi connectivity index (χ0) is 29.9. The van der Waals surface area contributed by atoms with Crippen LogP contribution in [-0.4, -0.2) is 18.9 Å². The molecule has 0 unspecified atom stereocenters. The summed E-state index contributed by atoms with van der Waals surface area (Å²) in [6, 6.07) is 51.9. The Morgan fingerprint density at radius 1 is 0.370 bits per heavy atom. The van der Waals surface area contributed by atoms with Crippen LogP contribution in [0.4, 0.5) is 0 Å². The molecule has 4 aromatic heterocycles. The molecule has 4 heteroatoms. The minimum absolute atomic E-state index is 0.833. The second-order valence-electron chi connectivity index (χ2n) is 12.2. The molecule has 0 saturated heterocycles. The molecule has 0 saturated carbocycles. The molecule has 0 aliphatic carbocycles. The lowest BCUT2D eigenvalue weighted by atomic mass is 9.98. The van der Waals surface area contributed by atoms with Crippen LogP contribution < -0.4 is 0 Å². The third-order valence-electron chi connectivity index (χ3n) is 9.80. The van der Waals surface area contributed by atoms with Crippen molar-refractivity contribution in [3.8, 4) is 17.1 Å². The van der Waals surface area contributed by atoms with E-state index in [0.29, 0.717) is 0 Å². The minimum Gasteiger partial charge on any atom is -0.307 e. The molecule has 0 N–H and O–H groups in total. The predicted molar refractivity (Wildman–Crippen MR) is 191 cm³/mol. The molecule has 0 bridgehead atoms. The average molecular weight is 585 g/mol. The van der Waals surface area contributed by atoms with Crippen LogP contribution in [0, 0.1) is 0 Å². The quantitative estimate of drug-likeness (QED) is 0.203. The molecule has 11 rings (SSSR count). The summed E-state index contributed by atoms with van der Waals surface area (Å²) in [5, 5.41) is 10.0. The SMILES string of the molecule is c1ccc(-c2nc3ccccc3nc2-n2c3ccccc3c3c2c2ccccc2c2c4cccc5c6ccccc6n(c54)c23)cc1. The molecule has 0 amide bonds. The van der Waals surface area contributed by atoms with Crippen LogP contribution >= 0.6 is 0 Å². The number of nitrogens with zero attached hydrogens (tertiary/aromatic N) is 4. The Hall–Kier alpha value is -6.26. The summed E-state index contributed by atoms with van der Waals surface area (Å²) < 4.78 is 4.89. The number of hydrogen-bond acceptors (Lipinski definition) is 2. The number of hydrogen-bond donors (Lipinski definition) is 0. The van der Waals surface area contributed by atoms with Gasteiger partial charge in [-0.3, -0.25) is 4.57 Å². The van der Waals surface area contributed by atoms with Crippen molar-refractivity contribution < 1.29 is 0 Å². The van der Waals surface area contributed by atoms with E-state index in [4.69, 9.17) is 9.97 Å². The fourth-order valence-corrected chi connectivity index (χ4v) is 8.00. The van der Waals surface area contributed by atoms with Crippen molar-refractivity contribution >= 4 is 81.7 Å². The van der Waals surface area contributed by atoms with Crippen molar-refractivity contribution in [1.82, 2.24) is 18.9 Å². The maximum absolute atomic E-state index is 5.41. The summed E-state index contributed by atoms with van der Waals surface area (Å²) in [5.41, 5.74) is 9.67. The largest absolute Gasteiger partial charge is 0.307 e. The van der Waals surface area contributed by atoms with Gasteiger partial charge in [0.25, 0.3) is 0 Å². The van der Waals surface area contributed by atoms with Gasteiger partial charge in [-0.2, -0.15) is 0 Å². The topological polar surface area (TPSA) is 35.1 Å². The van der Waals surface area contributed by atoms with Crippen LogP contribution in [0.2, 0.25) is 0 Å². The van der Waals surface area contributed by atoms with Crippen molar-refractivity contribution in [3.63, 3.8) is 0 Å². The Kier molecular flexibility index (Phi) is 4.55. The highest BCUT2D eigenvalue weighted by atomic mass is 15.1. The third kappa shape index (κ3) is 2.94. The summed E-state index contributed by atoms with van der Waals surface area (Å²) in [6.07, 6.45) is 0. The lowest BCUT2D eigenvalue weighted by molar-refractivity contribution is 1.08. The first kappa shape index (κ1) is 24.1. The van der Waals surface area contributed by atoms with Crippen molar-refractivity contribution in [3.05, 3.63) is 146 Å². The van der Waals surface area contributed by atoms with Gasteiger partial charge in [-0.05, 0) is 29.7 Å². The lowest BCUT2D eigenvalue weighted by Gasteiger charge is -2.15. The van der Waals surface area contributed by atoms with Gasteiger partial charge in [-0.25, -0.2) is 9.97 Å². The molecule has 4 heterocycles. The average Bonchev–Trinajstić information content (AvgIpc) is 3.77. The van der Waals surface area contributed by atoms with Gasteiger partial charge in [-0.1, -0.05) is 121 Å². The first-order chi connectivity index (χ1) is 22.9. The van der Waals surface area contributed by atoms with Crippen molar-refractivity contribution in [1.29, 1.82) is 0 Å². The van der Waals surface area contributed by atoms with Crippen LogP contribution in [0.25, 0.3) is 98.8 Å². The Morgan fingerprint density at radius 2 is 0.957 bits per heavy atom. The summed E-state index contributed by atoms with van der Waals surface area (Å²) in [7, 11) is 0. The maximum atomic E-state index is 5.41. The molecule has 0 aliphatic heterocycles. The van der Waals surface area contributed by atoms with Gasteiger partial charge < -0.3 is 4.40 Å². The van der Waals surface area contributed by atoms with E-state index in [1.165, 1.54) is 59.6 Å². The normalized spacial score (nSPS) is 12.3. The second-order valence-corrected chi connectivity index (χ2v) is 12.2. The van der Waals surface area contributed by atoms with Gasteiger partial charge in [0.05, 0.1) is 38.6 Å². The van der Waals surface area contributed by atoms with Crippen molar-refractivity contribution in [2.24, 2.45) is 0 Å². The Morgan fingerprint density at radius 3 is 1.78 bits per heavy atom. The highest BCUT2D eigenvalue weighted by Gasteiger charge is 2.27. The smallest absolute Gasteiger partial charge is 0.165 e. The van der Waals surface area contributed by atoms with E-state index >= 15 is 0 Å². The summed E-state index contributed by atoms with van der Waals surface area (Å²) in [5.74, 6) is 0.833. The highest BCUT2D eigenvalue weighted by Crippen LogP contribution is 2.48. The number of fused-ring (bicyclic) bond motifs is 14. The molecule has 4 nitrogen and oxygen atoms in total. The van der Waals surface area contributed by atoms with Crippen LogP contribution in [0.3, 0.4) is 0 Å².